The van der Waals surface area contributed by atoms with Crippen LogP contribution < -0.4 is 5.32 Å². The molecule has 2 aromatic carbocycles. The molecular weight excluding hydrogens is 474 g/mol. The lowest BCUT2D eigenvalue weighted by Crippen LogP contribution is -2.56. The Kier molecular flexibility index (Phi) is 7.40. The van der Waals surface area contributed by atoms with Crippen LogP contribution in [0.1, 0.15) is 40.9 Å². The molecule has 3 unspecified atom stereocenters. The summed E-state index contributed by atoms with van der Waals surface area (Å²) in [6, 6.07) is 8.45. The highest BCUT2D eigenvalue weighted by Crippen LogP contribution is 2.48. The number of carbonyl (C=O) groups is 3. The van der Waals surface area contributed by atoms with Gasteiger partial charge in [-0.1, -0.05) is 44.2 Å². The zero-order chi connectivity index (χ0) is 27.0. The number of halogens is 2. The van der Waals surface area contributed by atoms with E-state index in [0.717, 1.165) is 13.8 Å². The second-order valence-corrected chi connectivity index (χ2v) is 9.80. The van der Waals surface area contributed by atoms with Gasteiger partial charge in [-0.05, 0) is 43.5 Å². The van der Waals surface area contributed by atoms with E-state index in [1.807, 2.05) is 0 Å². The predicted octanol–water partition coefficient (Wildman–Crippen LogP) is 2.67. The first-order valence-electron chi connectivity index (χ1n) is 11.4. The molecule has 1 aliphatic heterocycles. The summed E-state index contributed by atoms with van der Waals surface area (Å²) >= 11 is 0. The molecule has 0 aromatic heterocycles. The minimum absolute atomic E-state index is 0.0400. The molecule has 4 N–H and O–H groups in total. The van der Waals surface area contributed by atoms with Crippen LogP contribution in [0.15, 0.2) is 42.5 Å². The fourth-order valence-corrected chi connectivity index (χ4v) is 4.52. The molecule has 2 amide bonds. The van der Waals surface area contributed by atoms with Gasteiger partial charge in [0.1, 0.15) is 11.8 Å². The Labute approximate surface area is 207 Å². The standard InChI is InChI=1S/C26H30F2N2O6/c1-14-10-17(15(2)19(31)11-14)22(33)29-18(12-16-8-6-5-7-9-16)20(32)23(34)30-13-26(27,28)25(3,4)21(30)24(35)36/h5-11,18,20-21,31-32H,12-13H2,1-4H3,(H,29,33)(H,35,36). The number of hydrogen-bond donors (Lipinski definition) is 4. The number of nitrogens with zero attached hydrogens (tertiary/aromatic N) is 1. The number of aliphatic carboxylic acids is 1. The van der Waals surface area contributed by atoms with Crippen molar-refractivity contribution in [3.05, 3.63) is 64.7 Å². The zero-order valence-corrected chi connectivity index (χ0v) is 20.5. The normalized spacial score (nSPS) is 20.0. The second kappa shape index (κ2) is 9.85. The third-order valence-corrected chi connectivity index (χ3v) is 6.84. The molecule has 0 saturated carbocycles. The number of phenols is 1. The Morgan fingerprint density at radius 2 is 1.75 bits per heavy atom. The van der Waals surface area contributed by atoms with E-state index in [1.165, 1.54) is 19.1 Å². The summed E-state index contributed by atoms with van der Waals surface area (Å²) in [5, 5.41) is 33.3. The van der Waals surface area contributed by atoms with Gasteiger partial charge in [-0.3, -0.25) is 9.59 Å². The van der Waals surface area contributed by atoms with Crippen molar-refractivity contribution in [2.45, 2.75) is 58.2 Å². The van der Waals surface area contributed by atoms with E-state index in [2.05, 4.69) is 5.32 Å². The third-order valence-electron chi connectivity index (χ3n) is 6.84. The Bertz CT molecular complexity index is 1170. The van der Waals surface area contributed by atoms with Crippen LogP contribution >= 0.6 is 0 Å². The number of carboxylic acid groups (broad SMARTS) is 1. The smallest absolute Gasteiger partial charge is 0.327 e. The lowest BCUT2D eigenvalue weighted by Gasteiger charge is -2.32. The minimum atomic E-state index is -3.51. The minimum Gasteiger partial charge on any atom is -0.508 e. The zero-order valence-electron chi connectivity index (χ0n) is 20.5. The van der Waals surface area contributed by atoms with Gasteiger partial charge in [-0.2, -0.15) is 0 Å². The van der Waals surface area contributed by atoms with E-state index in [4.69, 9.17) is 0 Å². The molecule has 0 aliphatic carbocycles. The van der Waals surface area contributed by atoms with Crippen LogP contribution in [0, 0.1) is 19.3 Å². The molecule has 1 fully saturated rings. The number of aromatic hydroxyl groups is 1. The van der Waals surface area contributed by atoms with Gasteiger partial charge in [0, 0.05) is 11.1 Å². The van der Waals surface area contributed by atoms with E-state index >= 15 is 0 Å². The highest BCUT2D eigenvalue weighted by molar-refractivity contribution is 5.97. The quantitative estimate of drug-likeness (QED) is 0.459. The maximum atomic E-state index is 14.7. The van der Waals surface area contributed by atoms with Crippen LogP contribution in [0.25, 0.3) is 0 Å². The highest BCUT2D eigenvalue weighted by Gasteiger charge is 2.65. The molecule has 0 spiro atoms. The molecule has 0 radical (unpaired) electrons. The highest BCUT2D eigenvalue weighted by atomic mass is 19.3. The average molecular weight is 505 g/mol. The Morgan fingerprint density at radius 1 is 1.14 bits per heavy atom. The first kappa shape index (κ1) is 27.1. The van der Waals surface area contributed by atoms with Crippen LogP contribution in [0.5, 0.6) is 5.75 Å². The molecule has 1 heterocycles. The van der Waals surface area contributed by atoms with E-state index in [0.29, 0.717) is 16.0 Å². The first-order chi connectivity index (χ1) is 16.7. The molecule has 1 saturated heterocycles. The van der Waals surface area contributed by atoms with Crippen LogP contribution in [0.2, 0.25) is 0 Å². The van der Waals surface area contributed by atoms with E-state index in [1.54, 1.807) is 37.3 Å². The van der Waals surface area contributed by atoms with E-state index in [9.17, 15) is 38.5 Å². The topological polar surface area (TPSA) is 127 Å². The Hall–Kier alpha value is -3.53. The number of benzene rings is 2. The van der Waals surface area contributed by atoms with Gasteiger partial charge in [-0.15, -0.1) is 0 Å². The van der Waals surface area contributed by atoms with Gasteiger partial charge in [-0.25, -0.2) is 13.6 Å². The number of hydrogen-bond acceptors (Lipinski definition) is 5. The molecule has 0 bridgehead atoms. The number of nitrogens with one attached hydrogen (secondary N) is 1. The Balaban J connectivity index is 1.95. The van der Waals surface area contributed by atoms with Crippen molar-refractivity contribution in [2.75, 3.05) is 6.54 Å². The van der Waals surface area contributed by atoms with Crippen molar-refractivity contribution in [2.24, 2.45) is 5.41 Å². The van der Waals surface area contributed by atoms with Crippen LogP contribution in [0.3, 0.4) is 0 Å². The van der Waals surface area contributed by atoms with Gasteiger partial charge < -0.3 is 25.5 Å². The molecule has 1 aliphatic rings. The van der Waals surface area contributed by atoms with E-state index in [-0.39, 0.29) is 23.3 Å². The van der Waals surface area contributed by atoms with Crippen LogP contribution in [0.4, 0.5) is 8.78 Å². The predicted molar refractivity (Wildman–Crippen MR) is 127 cm³/mol. The number of carboxylic acids is 1. The van der Waals surface area contributed by atoms with Gasteiger partial charge in [0.2, 0.25) is 0 Å². The number of phenolic OH excluding ortho intramolecular Hbond substituents is 1. The summed E-state index contributed by atoms with van der Waals surface area (Å²) in [5.74, 6) is -7.16. The maximum absolute atomic E-state index is 14.7. The molecule has 10 heteroatoms. The fraction of sp³-hybridized carbons (Fsp3) is 0.423. The summed E-state index contributed by atoms with van der Waals surface area (Å²) in [6.07, 6.45) is -2.05. The van der Waals surface area contributed by atoms with Crippen molar-refractivity contribution in [3.63, 3.8) is 0 Å². The summed E-state index contributed by atoms with van der Waals surface area (Å²) in [6.45, 7) is 4.15. The molecule has 3 rings (SSSR count). The van der Waals surface area contributed by atoms with Gasteiger partial charge >= 0.3 is 5.97 Å². The fourth-order valence-electron chi connectivity index (χ4n) is 4.52. The van der Waals surface area contributed by atoms with Crippen molar-refractivity contribution < 1.29 is 38.5 Å². The van der Waals surface area contributed by atoms with Gasteiger partial charge in [0.15, 0.2) is 6.10 Å². The summed E-state index contributed by atoms with van der Waals surface area (Å²) < 4.78 is 29.3. The average Bonchev–Trinajstić information content (AvgIpc) is 2.99. The lowest BCUT2D eigenvalue weighted by atomic mass is 9.81. The molecule has 36 heavy (non-hydrogen) atoms. The lowest BCUT2D eigenvalue weighted by molar-refractivity contribution is -0.156. The number of aryl methyl sites for hydroxylation is 1. The van der Waals surface area contributed by atoms with Gasteiger partial charge in [0.25, 0.3) is 17.7 Å². The second-order valence-electron chi connectivity index (χ2n) is 9.80. The number of rotatable bonds is 7. The largest absolute Gasteiger partial charge is 0.508 e. The third kappa shape index (κ3) is 5.04. The molecule has 3 atom stereocenters. The van der Waals surface area contributed by atoms with Crippen molar-refractivity contribution in [1.82, 2.24) is 10.2 Å². The number of likely N-dealkylation sites (tertiary alicyclic amines) is 1. The van der Waals surface area contributed by atoms with Crippen molar-refractivity contribution in [3.8, 4) is 5.75 Å². The number of amides is 2. The van der Waals surface area contributed by atoms with Crippen molar-refractivity contribution >= 4 is 17.8 Å². The monoisotopic (exact) mass is 504 g/mol. The van der Waals surface area contributed by atoms with Crippen molar-refractivity contribution in [1.29, 1.82) is 0 Å². The number of aliphatic hydroxyl groups is 1. The number of aliphatic hydroxyl groups excluding tert-OH is 1. The molecule has 194 valence electrons. The molecule has 2 aromatic rings. The number of alkyl halides is 2. The van der Waals surface area contributed by atoms with Crippen LogP contribution in [-0.2, 0) is 16.0 Å². The Morgan fingerprint density at radius 3 is 2.33 bits per heavy atom. The summed E-state index contributed by atoms with van der Waals surface area (Å²) in [5.41, 5.74) is -0.444. The SMILES string of the molecule is Cc1cc(O)c(C)c(C(=O)NC(Cc2ccccc2)C(O)C(=O)N2CC(F)(F)C(C)(C)C2C(=O)O)c1. The van der Waals surface area contributed by atoms with E-state index < -0.39 is 53.9 Å². The number of carbonyl (C=O) groups excluding carboxylic acids is 2. The summed E-state index contributed by atoms with van der Waals surface area (Å²) in [7, 11) is 0. The molecular formula is C26H30F2N2O6. The molecule has 8 nitrogen and oxygen atoms in total. The van der Waals surface area contributed by atoms with Crippen LogP contribution in [-0.4, -0.2) is 68.7 Å². The van der Waals surface area contributed by atoms with Gasteiger partial charge in [0.05, 0.1) is 18.0 Å². The summed E-state index contributed by atoms with van der Waals surface area (Å²) in [4.78, 5) is 38.7. The maximum Gasteiger partial charge on any atom is 0.327 e. The first-order valence-corrected chi connectivity index (χ1v) is 11.4.